The Bertz CT molecular complexity index is 753. The van der Waals surface area contributed by atoms with Gasteiger partial charge in [-0.1, -0.05) is 24.3 Å². The van der Waals surface area contributed by atoms with Crippen LogP contribution >= 0.6 is 0 Å². The number of carbonyl (C=O) groups excluding carboxylic acids is 1. The van der Waals surface area contributed by atoms with Crippen LogP contribution in [0.2, 0.25) is 0 Å². The topological polar surface area (TPSA) is 50.4 Å². The van der Waals surface area contributed by atoms with Gasteiger partial charge in [0.15, 0.2) is 0 Å². The zero-order valence-electron chi connectivity index (χ0n) is 16.0. The average Bonchev–Trinajstić information content (AvgIpc) is 2.53. The molecule has 1 heterocycles. The molecule has 4 nitrogen and oxygen atoms in total. The molecule has 0 spiro atoms. The molecule has 1 aliphatic rings. The van der Waals surface area contributed by atoms with Gasteiger partial charge in [-0.05, 0) is 70.9 Å². The summed E-state index contributed by atoms with van der Waals surface area (Å²) in [5, 5.41) is 6.84. The van der Waals surface area contributed by atoms with E-state index in [0.29, 0.717) is 11.3 Å². The van der Waals surface area contributed by atoms with Crippen molar-refractivity contribution in [2.24, 2.45) is 0 Å². The van der Waals surface area contributed by atoms with Crippen LogP contribution in [0.4, 0.5) is 0 Å². The Morgan fingerprint density at radius 1 is 0.962 bits per heavy atom. The number of rotatable bonds is 4. The van der Waals surface area contributed by atoms with E-state index in [0.717, 1.165) is 18.6 Å². The molecule has 138 valence electrons. The van der Waals surface area contributed by atoms with Crippen LogP contribution in [-0.2, 0) is 0 Å². The van der Waals surface area contributed by atoms with Crippen LogP contribution in [0, 0.1) is 0 Å². The highest BCUT2D eigenvalue weighted by atomic mass is 16.5. The van der Waals surface area contributed by atoms with Crippen molar-refractivity contribution in [3.8, 4) is 11.5 Å². The van der Waals surface area contributed by atoms with Gasteiger partial charge in [0.2, 0.25) is 0 Å². The number of benzene rings is 2. The van der Waals surface area contributed by atoms with Gasteiger partial charge in [0, 0.05) is 22.7 Å². The van der Waals surface area contributed by atoms with Crippen molar-refractivity contribution in [2.75, 3.05) is 0 Å². The molecule has 4 heteroatoms. The Labute approximate surface area is 156 Å². The number of hydrogen-bond donors (Lipinski definition) is 2. The Kier molecular flexibility index (Phi) is 5.05. The van der Waals surface area contributed by atoms with Gasteiger partial charge in [-0.3, -0.25) is 4.79 Å². The second-order valence-electron chi connectivity index (χ2n) is 8.41. The van der Waals surface area contributed by atoms with Gasteiger partial charge < -0.3 is 15.4 Å². The zero-order valence-corrected chi connectivity index (χ0v) is 16.0. The molecular weight excluding hydrogens is 324 g/mol. The first-order valence-electron chi connectivity index (χ1n) is 9.16. The third-order valence-corrected chi connectivity index (χ3v) is 4.60. The minimum Gasteiger partial charge on any atom is -0.457 e. The van der Waals surface area contributed by atoms with Crippen LogP contribution in [0.25, 0.3) is 0 Å². The van der Waals surface area contributed by atoms with Crippen LogP contribution in [0.3, 0.4) is 0 Å². The number of piperidine rings is 1. The van der Waals surface area contributed by atoms with Gasteiger partial charge in [0.25, 0.3) is 5.91 Å². The summed E-state index contributed by atoms with van der Waals surface area (Å²) in [6, 6.07) is 17.1. The smallest absolute Gasteiger partial charge is 0.251 e. The van der Waals surface area contributed by atoms with Crippen LogP contribution in [-0.4, -0.2) is 23.0 Å². The summed E-state index contributed by atoms with van der Waals surface area (Å²) in [6.45, 7) is 8.73. The Morgan fingerprint density at radius 3 is 2.23 bits per heavy atom. The molecule has 2 aromatic carbocycles. The van der Waals surface area contributed by atoms with Gasteiger partial charge in [-0.2, -0.15) is 0 Å². The second kappa shape index (κ2) is 7.12. The van der Waals surface area contributed by atoms with Crippen molar-refractivity contribution in [1.82, 2.24) is 10.6 Å². The quantitative estimate of drug-likeness (QED) is 0.851. The van der Waals surface area contributed by atoms with Crippen molar-refractivity contribution in [2.45, 2.75) is 57.7 Å². The molecule has 2 N–H and O–H groups in total. The summed E-state index contributed by atoms with van der Waals surface area (Å²) in [7, 11) is 0. The SMILES string of the molecule is CC1(C)CC(NC(=O)c2cccc(Oc3ccccc3)c2)CC(C)(C)N1. The van der Waals surface area contributed by atoms with Crippen molar-refractivity contribution >= 4 is 5.91 Å². The van der Waals surface area contributed by atoms with E-state index >= 15 is 0 Å². The fourth-order valence-corrected chi connectivity index (χ4v) is 4.02. The molecule has 0 aromatic heterocycles. The van der Waals surface area contributed by atoms with E-state index in [-0.39, 0.29) is 23.0 Å². The lowest BCUT2D eigenvalue weighted by Gasteiger charge is -2.46. The van der Waals surface area contributed by atoms with Gasteiger partial charge >= 0.3 is 0 Å². The number of nitrogens with one attached hydrogen (secondary N) is 2. The molecule has 0 aliphatic carbocycles. The average molecular weight is 352 g/mol. The third-order valence-electron chi connectivity index (χ3n) is 4.60. The summed E-state index contributed by atoms with van der Waals surface area (Å²) in [5.41, 5.74) is 0.614. The van der Waals surface area contributed by atoms with E-state index in [4.69, 9.17) is 4.74 Å². The fraction of sp³-hybridized carbons (Fsp3) is 0.409. The molecule has 1 aliphatic heterocycles. The molecule has 26 heavy (non-hydrogen) atoms. The van der Waals surface area contributed by atoms with Crippen LogP contribution < -0.4 is 15.4 Å². The molecule has 2 aromatic rings. The maximum atomic E-state index is 12.8. The number of para-hydroxylation sites is 1. The molecule has 3 rings (SSSR count). The van der Waals surface area contributed by atoms with E-state index < -0.39 is 0 Å². The zero-order chi connectivity index (χ0) is 18.8. The van der Waals surface area contributed by atoms with Crippen LogP contribution in [0.15, 0.2) is 54.6 Å². The minimum absolute atomic E-state index is 0.00202. The first-order valence-corrected chi connectivity index (χ1v) is 9.16. The molecule has 0 unspecified atom stereocenters. The number of hydrogen-bond acceptors (Lipinski definition) is 3. The molecule has 0 radical (unpaired) electrons. The molecule has 1 fully saturated rings. The summed E-state index contributed by atoms with van der Waals surface area (Å²) in [6.07, 6.45) is 1.81. The van der Waals surface area contributed by atoms with Crippen LogP contribution in [0.5, 0.6) is 11.5 Å². The van der Waals surface area contributed by atoms with Gasteiger partial charge in [0.1, 0.15) is 11.5 Å². The fourth-order valence-electron chi connectivity index (χ4n) is 4.02. The van der Waals surface area contributed by atoms with Crippen molar-refractivity contribution in [3.05, 3.63) is 60.2 Å². The van der Waals surface area contributed by atoms with E-state index in [1.807, 2.05) is 48.5 Å². The molecule has 0 atom stereocenters. The van der Waals surface area contributed by atoms with Crippen LogP contribution in [0.1, 0.15) is 50.9 Å². The first kappa shape index (κ1) is 18.5. The maximum absolute atomic E-state index is 12.8. The molecular formula is C22H28N2O2. The lowest BCUT2D eigenvalue weighted by molar-refractivity contribution is 0.0873. The number of ether oxygens (including phenoxy) is 1. The first-order chi connectivity index (χ1) is 12.2. The predicted molar refractivity (Wildman–Crippen MR) is 105 cm³/mol. The Morgan fingerprint density at radius 2 is 1.58 bits per heavy atom. The van der Waals surface area contributed by atoms with Crippen molar-refractivity contribution < 1.29 is 9.53 Å². The molecule has 0 bridgehead atoms. The summed E-state index contributed by atoms with van der Waals surface area (Å²) in [5.74, 6) is 1.36. The number of carbonyl (C=O) groups is 1. The highest BCUT2D eigenvalue weighted by Gasteiger charge is 2.38. The highest BCUT2D eigenvalue weighted by molar-refractivity contribution is 5.94. The van der Waals surface area contributed by atoms with E-state index in [1.54, 1.807) is 6.07 Å². The monoisotopic (exact) mass is 352 g/mol. The third kappa shape index (κ3) is 4.85. The molecule has 0 saturated carbocycles. The van der Waals surface area contributed by atoms with Gasteiger partial charge in [0.05, 0.1) is 0 Å². The summed E-state index contributed by atoms with van der Waals surface area (Å²) >= 11 is 0. The predicted octanol–water partition coefficient (Wildman–Crippen LogP) is 4.52. The Hall–Kier alpha value is -2.33. The van der Waals surface area contributed by atoms with Crippen molar-refractivity contribution in [1.29, 1.82) is 0 Å². The lowest BCUT2D eigenvalue weighted by atomic mass is 9.79. The summed E-state index contributed by atoms with van der Waals surface area (Å²) in [4.78, 5) is 12.8. The lowest BCUT2D eigenvalue weighted by Crippen LogP contribution is -2.62. The van der Waals surface area contributed by atoms with E-state index in [2.05, 4.69) is 38.3 Å². The normalized spacial score (nSPS) is 18.9. The van der Waals surface area contributed by atoms with Gasteiger partial charge in [-0.25, -0.2) is 0 Å². The van der Waals surface area contributed by atoms with Crippen molar-refractivity contribution in [3.63, 3.8) is 0 Å². The minimum atomic E-state index is -0.0537. The summed E-state index contributed by atoms with van der Waals surface area (Å²) < 4.78 is 5.84. The highest BCUT2D eigenvalue weighted by Crippen LogP contribution is 2.29. The number of amides is 1. The largest absolute Gasteiger partial charge is 0.457 e. The van der Waals surface area contributed by atoms with Gasteiger partial charge in [-0.15, -0.1) is 0 Å². The maximum Gasteiger partial charge on any atom is 0.251 e. The molecule has 1 amide bonds. The standard InChI is InChI=1S/C22H28N2O2/c1-21(2)14-17(15-22(3,4)24-21)23-20(25)16-9-8-12-19(13-16)26-18-10-6-5-7-11-18/h5-13,17,24H,14-15H2,1-4H3,(H,23,25). The second-order valence-corrected chi connectivity index (χ2v) is 8.41. The Balaban J connectivity index is 1.69. The van der Waals surface area contributed by atoms with E-state index in [9.17, 15) is 4.79 Å². The van der Waals surface area contributed by atoms with E-state index in [1.165, 1.54) is 0 Å². The molecule has 1 saturated heterocycles.